The predicted octanol–water partition coefficient (Wildman–Crippen LogP) is 4.10. The number of hydrogen-bond donors (Lipinski definition) is 1. The Balaban J connectivity index is 1.72. The predicted molar refractivity (Wildman–Crippen MR) is 121 cm³/mol. The first-order valence-corrected chi connectivity index (χ1v) is 10.8. The zero-order valence-electron chi connectivity index (χ0n) is 18.1. The molecule has 1 N–H and O–H groups in total. The zero-order valence-corrected chi connectivity index (χ0v) is 18.8. The van der Waals surface area contributed by atoms with Gasteiger partial charge in [-0.1, -0.05) is 18.5 Å². The monoisotopic (exact) mass is 465 g/mol. The normalized spacial score (nSPS) is 10.9. The third-order valence-electron chi connectivity index (χ3n) is 4.94. The van der Waals surface area contributed by atoms with Gasteiger partial charge in [0.25, 0.3) is 5.91 Å². The van der Waals surface area contributed by atoms with Crippen LogP contribution < -0.4 is 5.32 Å². The second kappa shape index (κ2) is 9.83. The number of hydrogen-bond acceptors (Lipinski definition) is 6. The van der Waals surface area contributed by atoms with E-state index in [0.717, 1.165) is 12.1 Å². The highest BCUT2D eigenvalue weighted by Crippen LogP contribution is 2.28. The molecule has 1 amide bonds. The number of aromatic nitrogens is 6. The Hall–Kier alpha value is -3.72. The fourth-order valence-corrected chi connectivity index (χ4v) is 3.47. The van der Waals surface area contributed by atoms with Crippen molar-refractivity contribution < 1.29 is 9.18 Å². The molecule has 0 aliphatic heterocycles. The average molecular weight is 466 g/mol. The van der Waals surface area contributed by atoms with E-state index in [9.17, 15) is 9.18 Å². The number of carbonyl (C=O) groups excluding carboxylic acids is 1. The van der Waals surface area contributed by atoms with Crippen LogP contribution in [0.5, 0.6) is 0 Å². The van der Waals surface area contributed by atoms with Crippen molar-refractivity contribution in [2.45, 2.75) is 33.2 Å². The summed E-state index contributed by atoms with van der Waals surface area (Å²) in [7, 11) is 0. The molecular formula is C23H21ClFN7O. The number of rotatable bonds is 7. The first-order valence-electron chi connectivity index (χ1n) is 10.4. The molecule has 0 saturated carbocycles. The Morgan fingerprint density at radius 3 is 2.73 bits per heavy atom. The Labute approximate surface area is 194 Å². The van der Waals surface area contributed by atoms with Crippen LogP contribution in [-0.2, 0) is 13.0 Å². The molecule has 2 aromatic carbocycles. The second-order valence-electron chi connectivity index (χ2n) is 7.48. The second-order valence-corrected chi connectivity index (χ2v) is 7.92. The van der Waals surface area contributed by atoms with Gasteiger partial charge in [-0.05, 0) is 65.7 Å². The van der Waals surface area contributed by atoms with E-state index in [-0.39, 0.29) is 17.5 Å². The van der Waals surface area contributed by atoms with Crippen LogP contribution in [0.25, 0.3) is 16.8 Å². The maximum Gasteiger partial charge on any atom is 0.251 e. The molecule has 33 heavy (non-hydrogen) atoms. The highest BCUT2D eigenvalue weighted by Gasteiger charge is 2.16. The smallest absolute Gasteiger partial charge is 0.251 e. The van der Waals surface area contributed by atoms with Gasteiger partial charge < -0.3 is 5.32 Å². The minimum Gasteiger partial charge on any atom is -0.346 e. The Bertz CT molecular complexity index is 1290. The summed E-state index contributed by atoms with van der Waals surface area (Å²) in [6.07, 6.45) is 4.74. The molecule has 4 aromatic rings. The summed E-state index contributed by atoms with van der Waals surface area (Å²) in [5.74, 6) is -0.195. The first-order chi connectivity index (χ1) is 15.9. The molecular weight excluding hydrogens is 445 g/mol. The van der Waals surface area contributed by atoms with Gasteiger partial charge in [0.1, 0.15) is 5.82 Å². The third kappa shape index (κ3) is 5.20. The van der Waals surface area contributed by atoms with E-state index in [4.69, 9.17) is 11.6 Å². The van der Waals surface area contributed by atoms with E-state index in [1.54, 1.807) is 47.4 Å². The molecule has 0 unspecified atom stereocenters. The maximum absolute atomic E-state index is 14.7. The number of benzene rings is 2. The molecule has 0 saturated heterocycles. The Kier molecular flexibility index (Phi) is 6.69. The van der Waals surface area contributed by atoms with E-state index in [1.165, 1.54) is 6.07 Å². The van der Waals surface area contributed by atoms with Gasteiger partial charge in [-0.15, -0.1) is 5.10 Å². The molecule has 168 valence electrons. The number of tetrazole rings is 1. The van der Waals surface area contributed by atoms with E-state index in [0.29, 0.717) is 40.3 Å². The molecule has 0 radical (unpaired) electrons. The van der Waals surface area contributed by atoms with Crippen molar-refractivity contribution >= 4 is 17.5 Å². The van der Waals surface area contributed by atoms with Crippen LogP contribution >= 0.6 is 11.6 Å². The number of aryl methyl sites for hydroxylation is 2. The summed E-state index contributed by atoms with van der Waals surface area (Å²) in [4.78, 5) is 21.4. The molecule has 0 bridgehead atoms. The molecule has 0 fully saturated rings. The van der Waals surface area contributed by atoms with Crippen LogP contribution in [0.4, 0.5) is 4.39 Å². The largest absolute Gasteiger partial charge is 0.346 e. The molecule has 2 heterocycles. The van der Waals surface area contributed by atoms with Gasteiger partial charge in [0.05, 0.1) is 29.8 Å². The van der Waals surface area contributed by atoms with Crippen LogP contribution in [0.15, 0.2) is 48.8 Å². The molecule has 8 nitrogen and oxygen atoms in total. The van der Waals surface area contributed by atoms with Crippen LogP contribution in [0.3, 0.4) is 0 Å². The van der Waals surface area contributed by atoms with Gasteiger partial charge in [0.15, 0.2) is 5.82 Å². The number of amides is 1. The van der Waals surface area contributed by atoms with Crippen LogP contribution in [0, 0.1) is 12.7 Å². The van der Waals surface area contributed by atoms with Gasteiger partial charge >= 0.3 is 0 Å². The minimum atomic E-state index is -0.494. The van der Waals surface area contributed by atoms with Crippen LogP contribution in [-0.4, -0.2) is 36.1 Å². The van der Waals surface area contributed by atoms with Crippen LogP contribution in [0.2, 0.25) is 5.02 Å². The van der Waals surface area contributed by atoms with Crippen LogP contribution in [0.1, 0.15) is 40.9 Å². The minimum absolute atomic E-state index is 0.201. The van der Waals surface area contributed by atoms with Crippen molar-refractivity contribution in [2.75, 3.05) is 0 Å². The molecule has 10 heteroatoms. The van der Waals surface area contributed by atoms with Crippen molar-refractivity contribution in [3.05, 3.63) is 82.4 Å². The lowest BCUT2D eigenvalue weighted by Gasteiger charge is -2.12. The number of halogens is 2. The summed E-state index contributed by atoms with van der Waals surface area (Å²) in [6.45, 7) is 4.06. The highest BCUT2D eigenvalue weighted by atomic mass is 35.5. The lowest BCUT2D eigenvalue weighted by molar-refractivity contribution is 0.0950. The van der Waals surface area contributed by atoms with Gasteiger partial charge in [0.2, 0.25) is 0 Å². The molecule has 4 rings (SSSR count). The van der Waals surface area contributed by atoms with Gasteiger partial charge in [0, 0.05) is 28.8 Å². The van der Waals surface area contributed by atoms with E-state index < -0.39 is 5.82 Å². The standard InChI is InChI=1S/C23H21ClFN7O/c1-3-4-22-29-30-31-32(22)19-8-15(20-6-5-17(24)10-21(20)25)7-16(9-19)23(33)28-13-18-12-26-14(2)11-27-18/h5-12H,3-4,13H2,1-2H3,(H,28,33). The third-order valence-corrected chi connectivity index (χ3v) is 5.17. The zero-order chi connectivity index (χ0) is 23.4. The van der Waals surface area contributed by atoms with Gasteiger partial charge in [-0.2, -0.15) is 4.68 Å². The summed E-state index contributed by atoms with van der Waals surface area (Å²) >= 11 is 5.92. The highest BCUT2D eigenvalue weighted by molar-refractivity contribution is 6.30. The quantitative estimate of drug-likeness (QED) is 0.441. The Morgan fingerprint density at radius 1 is 1.15 bits per heavy atom. The summed E-state index contributed by atoms with van der Waals surface area (Å²) in [5.41, 5.74) is 3.10. The Morgan fingerprint density at radius 2 is 2.00 bits per heavy atom. The number of nitrogens with one attached hydrogen (secondary N) is 1. The summed E-state index contributed by atoms with van der Waals surface area (Å²) < 4.78 is 16.3. The van der Waals surface area contributed by atoms with Crippen molar-refractivity contribution in [1.82, 2.24) is 35.5 Å². The topological polar surface area (TPSA) is 98.5 Å². The van der Waals surface area contributed by atoms with E-state index in [1.807, 2.05) is 13.8 Å². The van der Waals surface area contributed by atoms with Gasteiger partial charge in [-0.3, -0.25) is 14.8 Å². The van der Waals surface area contributed by atoms with Crippen molar-refractivity contribution in [3.8, 4) is 16.8 Å². The fraction of sp³-hybridized carbons (Fsp3) is 0.217. The number of carbonyl (C=O) groups is 1. The van der Waals surface area contributed by atoms with Crippen molar-refractivity contribution in [3.63, 3.8) is 0 Å². The summed E-state index contributed by atoms with van der Waals surface area (Å²) in [6, 6.07) is 9.44. The lowest BCUT2D eigenvalue weighted by atomic mass is 10.0. The molecule has 2 aromatic heterocycles. The molecule has 0 aliphatic rings. The van der Waals surface area contributed by atoms with Crippen molar-refractivity contribution in [1.29, 1.82) is 0 Å². The summed E-state index contributed by atoms with van der Waals surface area (Å²) in [5, 5.41) is 15.0. The average Bonchev–Trinajstić information content (AvgIpc) is 3.27. The van der Waals surface area contributed by atoms with Crippen molar-refractivity contribution in [2.24, 2.45) is 0 Å². The number of nitrogens with zero attached hydrogens (tertiary/aromatic N) is 6. The van der Waals surface area contributed by atoms with E-state index >= 15 is 0 Å². The molecule has 0 aliphatic carbocycles. The maximum atomic E-state index is 14.7. The molecule has 0 atom stereocenters. The molecule has 0 spiro atoms. The first kappa shape index (κ1) is 22.5. The van der Waals surface area contributed by atoms with Gasteiger partial charge in [-0.25, -0.2) is 4.39 Å². The van der Waals surface area contributed by atoms with E-state index in [2.05, 4.69) is 30.8 Å². The fourth-order valence-electron chi connectivity index (χ4n) is 3.31. The lowest BCUT2D eigenvalue weighted by Crippen LogP contribution is -2.23. The SMILES string of the molecule is CCCc1nnnn1-c1cc(C(=O)NCc2cnc(C)cn2)cc(-c2ccc(Cl)cc2F)c1.